The summed E-state index contributed by atoms with van der Waals surface area (Å²) in [7, 11) is 0. The van der Waals surface area contributed by atoms with Crippen molar-refractivity contribution in [3.05, 3.63) is 34.9 Å². The first-order chi connectivity index (χ1) is 9.81. The van der Waals surface area contributed by atoms with Crippen LogP contribution in [-0.2, 0) is 0 Å². The van der Waals surface area contributed by atoms with Gasteiger partial charge in [0.2, 0.25) is 0 Å². The van der Waals surface area contributed by atoms with Gasteiger partial charge in [-0.1, -0.05) is 13.8 Å². The molecular weight excluding hydrogens is 280 g/mol. The lowest BCUT2D eigenvalue weighted by Crippen LogP contribution is -2.37. The maximum absolute atomic E-state index is 13.4. The molecule has 0 aromatic heterocycles. The third-order valence-electron chi connectivity index (χ3n) is 3.33. The molecule has 0 spiro atoms. The molecule has 0 bridgehead atoms. The van der Waals surface area contributed by atoms with Gasteiger partial charge in [-0.3, -0.25) is 4.79 Å². The van der Waals surface area contributed by atoms with Crippen molar-refractivity contribution in [2.75, 3.05) is 6.54 Å². The van der Waals surface area contributed by atoms with Gasteiger partial charge in [-0.2, -0.15) is 0 Å². The Labute approximate surface area is 121 Å². The lowest BCUT2D eigenvalue weighted by Gasteiger charge is -2.25. The molecule has 0 atom stereocenters. The van der Waals surface area contributed by atoms with Crippen LogP contribution in [-0.4, -0.2) is 34.5 Å². The molecule has 1 aliphatic rings. The predicted octanol–water partition coefficient (Wildman–Crippen LogP) is 2.92. The van der Waals surface area contributed by atoms with Gasteiger partial charge in [0, 0.05) is 12.6 Å². The summed E-state index contributed by atoms with van der Waals surface area (Å²) in [6.45, 7) is 4.33. The number of carbonyl (C=O) groups is 2. The third kappa shape index (κ3) is 3.37. The maximum atomic E-state index is 13.4. The number of amides is 1. The Bertz CT molecular complexity index is 583. The Kier molecular flexibility index (Phi) is 4.25. The minimum absolute atomic E-state index is 0.0645. The quantitative estimate of drug-likeness (QED) is 0.909. The van der Waals surface area contributed by atoms with Crippen molar-refractivity contribution in [2.45, 2.75) is 32.7 Å². The van der Waals surface area contributed by atoms with E-state index in [2.05, 4.69) is 0 Å². The summed E-state index contributed by atoms with van der Waals surface area (Å²) >= 11 is 0. The van der Waals surface area contributed by atoms with Crippen LogP contribution in [0.25, 0.3) is 0 Å². The Morgan fingerprint density at radius 1 is 1.24 bits per heavy atom. The van der Waals surface area contributed by atoms with E-state index in [0.29, 0.717) is 18.7 Å². The molecule has 1 amide bonds. The van der Waals surface area contributed by atoms with Gasteiger partial charge in [0.15, 0.2) is 11.6 Å². The second kappa shape index (κ2) is 5.79. The highest BCUT2D eigenvalue weighted by Gasteiger charge is 2.35. The van der Waals surface area contributed by atoms with Crippen molar-refractivity contribution in [1.82, 2.24) is 4.90 Å². The summed E-state index contributed by atoms with van der Waals surface area (Å²) in [5.74, 6) is -4.29. The Morgan fingerprint density at radius 3 is 2.19 bits per heavy atom. The van der Waals surface area contributed by atoms with E-state index in [1.807, 2.05) is 13.8 Å². The summed E-state index contributed by atoms with van der Waals surface area (Å²) in [6, 6.07) is 1.30. The van der Waals surface area contributed by atoms with Gasteiger partial charge in [0.1, 0.15) is 0 Å². The van der Waals surface area contributed by atoms with Crippen LogP contribution < -0.4 is 0 Å². The van der Waals surface area contributed by atoms with Crippen molar-refractivity contribution < 1.29 is 23.5 Å². The molecule has 0 saturated heterocycles. The van der Waals surface area contributed by atoms with Crippen molar-refractivity contribution in [3.63, 3.8) is 0 Å². The SMILES string of the molecule is CC(C)CN(C(=O)c1cc(F)c(F)cc1C(=O)O)C1CC1. The number of carbonyl (C=O) groups excluding carboxylic acids is 1. The zero-order valence-electron chi connectivity index (χ0n) is 11.9. The van der Waals surface area contributed by atoms with Crippen molar-refractivity contribution in [1.29, 1.82) is 0 Å². The van der Waals surface area contributed by atoms with Crippen molar-refractivity contribution >= 4 is 11.9 Å². The van der Waals surface area contributed by atoms with Crippen LogP contribution in [0, 0.1) is 17.6 Å². The highest BCUT2D eigenvalue weighted by atomic mass is 19.2. The number of rotatable bonds is 5. The number of aromatic carboxylic acids is 1. The fourth-order valence-corrected chi connectivity index (χ4v) is 2.23. The van der Waals surface area contributed by atoms with Crippen LogP contribution in [0.3, 0.4) is 0 Å². The zero-order chi connectivity index (χ0) is 15.7. The van der Waals surface area contributed by atoms with Gasteiger partial charge < -0.3 is 10.0 Å². The largest absolute Gasteiger partial charge is 0.478 e. The van der Waals surface area contributed by atoms with Crippen molar-refractivity contribution in [2.24, 2.45) is 5.92 Å². The number of benzene rings is 1. The van der Waals surface area contributed by atoms with Gasteiger partial charge in [-0.05, 0) is 30.9 Å². The first-order valence-corrected chi connectivity index (χ1v) is 6.84. The minimum atomic E-state index is -1.45. The molecule has 1 aromatic rings. The first-order valence-electron chi connectivity index (χ1n) is 6.84. The molecule has 0 unspecified atom stereocenters. The normalized spacial score (nSPS) is 14.3. The highest BCUT2D eigenvalue weighted by molar-refractivity contribution is 6.05. The molecule has 1 N–H and O–H groups in total. The second-order valence-corrected chi connectivity index (χ2v) is 5.70. The van der Waals surface area contributed by atoms with Crippen molar-refractivity contribution in [3.8, 4) is 0 Å². The van der Waals surface area contributed by atoms with Crippen LogP contribution >= 0.6 is 0 Å². The van der Waals surface area contributed by atoms with Gasteiger partial charge in [0.25, 0.3) is 5.91 Å². The monoisotopic (exact) mass is 297 g/mol. The molecular formula is C15H17F2NO3. The predicted molar refractivity (Wildman–Crippen MR) is 72.2 cm³/mol. The van der Waals surface area contributed by atoms with E-state index in [1.165, 1.54) is 0 Å². The summed E-state index contributed by atoms with van der Waals surface area (Å²) in [4.78, 5) is 25.2. The first kappa shape index (κ1) is 15.4. The van der Waals surface area contributed by atoms with E-state index in [-0.39, 0.29) is 17.5 Å². The topological polar surface area (TPSA) is 57.6 Å². The second-order valence-electron chi connectivity index (χ2n) is 5.70. The van der Waals surface area contributed by atoms with E-state index in [1.54, 1.807) is 4.90 Å². The fourth-order valence-electron chi connectivity index (χ4n) is 2.23. The van der Waals surface area contributed by atoms with Gasteiger partial charge in [-0.15, -0.1) is 0 Å². The average Bonchev–Trinajstić information content (AvgIpc) is 3.21. The highest BCUT2D eigenvalue weighted by Crippen LogP contribution is 2.30. The summed E-state index contributed by atoms with van der Waals surface area (Å²) in [6.07, 6.45) is 1.70. The third-order valence-corrected chi connectivity index (χ3v) is 3.33. The van der Waals surface area contributed by atoms with Crippen LogP contribution in [0.5, 0.6) is 0 Å². The molecule has 1 fully saturated rings. The van der Waals surface area contributed by atoms with Crippen LogP contribution in [0.15, 0.2) is 12.1 Å². The number of hydrogen-bond donors (Lipinski definition) is 1. The summed E-state index contributed by atoms with van der Waals surface area (Å²) < 4.78 is 26.6. The molecule has 0 aliphatic heterocycles. The molecule has 1 saturated carbocycles. The molecule has 114 valence electrons. The number of carboxylic acid groups (broad SMARTS) is 1. The standard InChI is InChI=1S/C15H17F2NO3/c1-8(2)7-18(9-3-4-9)14(19)10-5-12(16)13(17)6-11(10)15(20)21/h5-6,8-9H,3-4,7H2,1-2H3,(H,20,21). The Hall–Kier alpha value is -1.98. The summed E-state index contributed by atoms with van der Waals surface area (Å²) in [5, 5.41) is 9.09. The Balaban J connectivity index is 2.41. The average molecular weight is 297 g/mol. The van der Waals surface area contributed by atoms with E-state index in [9.17, 15) is 18.4 Å². The Morgan fingerprint density at radius 2 is 1.76 bits per heavy atom. The molecule has 21 heavy (non-hydrogen) atoms. The lowest BCUT2D eigenvalue weighted by molar-refractivity contribution is 0.0664. The van der Waals surface area contributed by atoms with E-state index >= 15 is 0 Å². The van der Waals surface area contributed by atoms with Gasteiger partial charge in [-0.25, -0.2) is 13.6 Å². The van der Waals surface area contributed by atoms with Gasteiger partial charge in [0.05, 0.1) is 11.1 Å². The maximum Gasteiger partial charge on any atom is 0.336 e. The van der Waals surface area contributed by atoms with Crippen LogP contribution in [0.1, 0.15) is 47.4 Å². The number of hydrogen-bond acceptors (Lipinski definition) is 2. The molecule has 6 heteroatoms. The molecule has 1 aliphatic carbocycles. The number of halogens is 2. The molecule has 1 aromatic carbocycles. The minimum Gasteiger partial charge on any atom is -0.478 e. The van der Waals surface area contributed by atoms with E-state index in [4.69, 9.17) is 5.11 Å². The number of carboxylic acids is 1. The molecule has 2 rings (SSSR count). The lowest BCUT2D eigenvalue weighted by atomic mass is 10.0. The molecule has 0 radical (unpaired) electrons. The summed E-state index contributed by atoms with van der Waals surface area (Å²) in [5.41, 5.74) is -0.803. The van der Waals surface area contributed by atoms with Crippen LogP contribution in [0.2, 0.25) is 0 Å². The van der Waals surface area contributed by atoms with Crippen LogP contribution in [0.4, 0.5) is 8.78 Å². The molecule has 0 heterocycles. The smallest absolute Gasteiger partial charge is 0.336 e. The van der Waals surface area contributed by atoms with E-state index < -0.39 is 29.1 Å². The number of nitrogens with zero attached hydrogens (tertiary/aromatic N) is 1. The van der Waals surface area contributed by atoms with Gasteiger partial charge >= 0.3 is 5.97 Å². The molecule has 4 nitrogen and oxygen atoms in total. The zero-order valence-corrected chi connectivity index (χ0v) is 11.9. The fraction of sp³-hybridized carbons (Fsp3) is 0.467. The van der Waals surface area contributed by atoms with E-state index in [0.717, 1.165) is 12.8 Å².